The van der Waals surface area contributed by atoms with Gasteiger partial charge in [-0.25, -0.2) is 0 Å². The van der Waals surface area contributed by atoms with E-state index in [1.807, 2.05) is 0 Å². The largest absolute Gasteiger partial charge is 0.335 e. The molecule has 23 heavy (non-hydrogen) atoms. The van der Waals surface area contributed by atoms with Crippen molar-refractivity contribution in [3.8, 4) is 0 Å². The summed E-state index contributed by atoms with van der Waals surface area (Å²) in [7, 11) is 0. The molecule has 1 saturated carbocycles. The van der Waals surface area contributed by atoms with E-state index in [1.54, 1.807) is 11.9 Å². The van der Waals surface area contributed by atoms with Crippen LogP contribution in [0.2, 0.25) is 0 Å². The van der Waals surface area contributed by atoms with E-state index in [9.17, 15) is 8.78 Å². The second-order valence-corrected chi connectivity index (χ2v) is 8.95. The molecule has 1 aromatic rings. The molecule has 0 spiro atoms. The molecule has 0 radical (unpaired) electrons. The zero-order chi connectivity index (χ0) is 17.1. The minimum Gasteiger partial charge on any atom is -0.335 e. The number of aromatic nitrogens is 2. The molecule has 0 aliphatic heterocycles. The predicted molar refractivity (Wildman–Crippen MR) is 88.6 cm³/mol. The molecule has 1 fully saturated rings. The lowest BCUT2D eigenvalue weighted by molar-refractivity contribution is 0.00559. The van der Waals surface area contributed by atoms with Crippen LogP contribution >= 0.6 is 11.9 Å². The molecule has 1 aliphatic rings. The molecule has 0 atom stereocenters. The van der Waals surface area contributed by atoms with Gasteiger partial charge in [-0.3, -0.25) is 4.72 Å². The van der Waals surface area contributed by atoms with Crippen LogP contribution in [0.3, 0.4) is 0 Å². The van der Waals surface area contributed by atoms with Crippen LogP contribution in [-0.4, -0.2) is 27.5 Å². The number of nitrogens with zero attached hydrogens (tertiary/aromatic N) is 2. The van der Waals surface area contributed by atoms with Crippen molar-refractivity contribution in [3.63, 3.8) is 0 Å². The highest BCUT2D eigenvalue weighted by Crippen LogP contribution is 2.29. The van der Waals surface area contributed by atoms with Crippen molar-refractivity contribution < 1.29 is 13.3 Å². The van der Waals surface area contributed by atoms with Crippen molar-refractivity contribution >= 4 is 18.0 Å². The van der Waals surface area contributed by atoms with E-state index in [2.05, 4.69) is 41.0 Å². The van der Waals surface area contributed by atoms with Crippen LogP contribution in [0.1, 0.15) is 59.2 Å². The Labute approximate surface area is 140 Å². The summed E-state index contributed by atoms with van der Waals surface area (Å²) in [6.45, 7) is 8.31. The Morgan fingerprint density at radius 3 is 2.35 bits per heavy atom. The third kappa shape index (κ3) is 6.25. The Bertz CT molecular complexity index is 490. The normalized spacial score (nSPS) is 23.0. The number of nitrogens with one attached hydrogen (secondary N) is 2. The third-order valence-electron chi connectivity index (χ3n) is 3.74. The quantitative estimate of drug-likeness (QED) is 0.752. The van der Waals surface area contributed by atoms with Gasteiger partial charge in [0.25, 0.3) is 0 Å². The molecule has 0 saturated heterocycles. The van der Waals surface area contributed by atoms with E-state index in [1.165, 1.54) is 0 Å². The first-order chi connectivity index (χ1) is 10.6. The van der Waals surface area contributed by atoms with Crippen molar-refractivity contribution in [3.05, 3.63) is 5.82 Å². The van der Waals surface area contributed by atoms with Crippen molar-refractivity contribution in [2.45, 2.75) is 70.1 Å². The molecule has 1 heterocycles. The highest BCUT2D eigenvalue weighted by atomic mass is 32.2. The Hall–Kier alpha value is -0.890. The van der Waals surface area contributed by atoms with Gasteiger partial charge in [-0.15, -0.1) is 0 Å². The van der Waals surface area contributed by atoms with Crippen molar-refractivity contribution in [2.75, 3.05) is 11.9 Å². The van der Waals surface area contributed by atoms with E-state index in [0.717, 1.165) is 39.2 Å². The van der Waals surface area contributed by atoms with Gasteiger partial charge in [-0.05, 0) is 52.4 Å². The maximum Gasteiger partial charge on any atom is 0.321 e. The van der Waals surface area contributed by atoms with E-state index in [-0.39, 0.29) is 16.8 Å². The molecule has 0 aromatic carbocycles. The van der Waals surface area contributed by atoms with Gasteiger partial charge in [0.2, 0.25) is 5.82 Å². The average Bonchev–Trinajstić information content (AvgIpc) is 2.88. The number of hydrogen-bond acceptors (Lipinski definition) is 6. The number of anilines is 1. The summed E-state index contributed by atoms with van der Waals surface area (Å²) in [4.78, 5) is 3.72. The Morgan fingerprint density at radius 1 is 1.17 bits per heavy atom. The fourth-order valence-corrected chi connectivity index (χ4v) is 3.27. The number of halogens is 2. The fraction of sp³-hybridized carbons (Fsp3) is 0.867. The lowest BCUT2D eigenvalue weighted by atomic mass is 9.86. The average molecular weight is 348 g/mol. The topological polar surface area (TPSA) is 63.0 Å². The minimum atomic E-state index is -3.07. The van der Waals surface area contributed by atoms with E-state index in [4.69, 9.17) is 4.52 Å². The Balaban J connectivity index is 1.71. The highest BCUT2D eigenvalue weighted by molar-refractivity contribution is 7.98. The van der Waals surface area contributed by atoms with Crippen LogP contribution in [0.5, 0.6) is 0 Å². The summed E-state index contributed by atoms with van der Waals surface area (Å²) in [6.07, 6.45) is 4.15. The van der Waals surface area contributed by atoms with Crippen LogP contribution in [0, 0.1) is 5.92 Å². The molecule has 1 aromatic heterocycles. The summed E-state index contributed by atoms with van der Waals surface area (Å²) in [5, 5.41) is 6.40. The number of alkyl halides is 2. The maximum atomic E-state index is 13.1. The van der Waals surface area contributed by atoms with Gasteiger partial charge in [0.1, 0.15) is 0 Å². The lowest BCUT2D eigenvalue weighted by Crippen LogP contribution is -2.30. The van der Waals surface area contributed by atoms with Gasteiger partial charge in [0.05, 0.1) is 0 Å². The van der Waals surface area contributed by atoms with E-state index >= 15 is 0 Å². The molecule has 0 unspecified atom stereocenters. The zero-order valence-corrected chi connectivity index (χ0v) is 15.0. The third-order valence-corrected chi connectivity index (χ3v) is 4.67. The van der Waals surface area contributed by atoms with Gasteiger partial charge in [0, 0.05) is 24.3 Å². The van der Waals surface area contributed by atoms with Crippen LogP contribution in [0.4, 0.5) is 14.8 Å². The van der Waals surface area contributed by atoms with Gasteiger partial charge in [-0.2, -0.15) is 13.8 Å². The molecule has 2 N–H and O–H groups in total. The molecular weight excluding hydrogens is 322 g/mol. The fourth-order valence-electron chi connectivity index (χ4n) is 2.52. The minimum absolute atomic E-state index is 0.0892. The summed E-state index contributed by atoms with van der Waals surface area (Å²) < 4.78 is 34.7. The molecule has 0 bridgehead atoms. The van der Waals surface area contributed by atoms with Crippen LogP contribution in [0.25, 0.3) is 0 Å². The molecule has 0 amide bonds. The molecule has 132 valence electrons. The number of hydrogen-bond donors (Lipinski definition) is 2. The first-order valence-electron chi connectivity index (χ1n) is 8.03. The monoisotopic (exact) mass is 348 g/mol. The predicted octanol–water partition coefficient (Wildman–Crippen LogP) is 4.19. The molecule has 1 aliphatic carbocycles. The summed E-state index contributed by atoms with van der Waals surface area (Å²) in [6, 6.07) is 0.298. The smallest absolute Gasteiger partial charge is 0.321 e. The van der Waals surface area contributed by atoms with Crippen LogP contribution < -0.4 is 10.0 Å². The molecule has 8 heteroatoms. The van der Waals surface area contributed by atoms with Crippen molar-refractivity contribution in [1.29, 1.82) is 0 Å². The molecular formula is C15H26F2N4OS. The Morgan fingerprint density at radius 2 is 1.83 bits per heavy atom. The van der Waals surface area contributed by atoms with Crippen molar-refractivity contribution in [2.24, 2.45) is 5.92 Å². The molecule has 2 rings (SSSR count). The maximum absolute atomic E-state index is 13.1. The second kappa shape index (κ2) is 7.34. The van der Waals surface area contributed by atoms with Gasteiger partial charge >= 0.3 is 11.9 Å². The van der Waals surface area contributed by atoms with Crippen LogP contribution in [0.15, 0.2) is 4.52 Å². The zero-order valence-electron chi connectivity index (χ0n) is 14.2. The number of rotatable bonds is 6. The van der Waals surface area contributed by atoms with Crippen LogP contribution in [-0.2, 0) is 5.92 Å². The van der Waals surface area contributed by atoms with E-state index < -0.39 is 11.7 Å². The second-order valence-electron chi connectivity index (χ2n) is 7.24. The lowest BCUT2D eigenvalue weighted by Gasteiger charge is -2.29. The van der Waals surface area contributed by atoms with Crippen molar-refractivity contribution in [1.82, 2.24) is 14.9 Å². The first kappa shape index (κ1) is 18.4. The first-order valence-corrected chi connectivity index (χ1v) is 8.84. The van der Waals surface area contributed by atoms with Gasteiger partial charge in [0.15, 0.2) is 0 Å². The highest BCUT2D eigenvalue weighted by Gasteiger charge is 2.31. The van der Waals surface area contributed by atoms with Gasteiger partial charge in [-0.1, -0.05) is 17.1 Å². The van der Waals surface area contributed by atoms with E-state index in [0.29, 0.717) is 5.92 Å². The summed E-state index contributed by atoms with van der Waals surface area (Å²) >= 11 is 1.77. The standard InChI is InChI=1S/C15H26F2N4OS/c1-14(2,3)23-18-9-10-5-7-11(8-6-10)19-13-20-12(21-22-13)15(4,16)17/h10-11,18H,5-9H2,1-4H3,(H,19,20,21)/t10-,11-. The SMILES string of the molecule is CC(C)(C)SNC[C@H]1CC[C@H](Nc2nc(C(C)(F)F)no2)CC1. The Kier molecular flexibility index (Phi) is 5.89. The summed E-state index contributed by atoms with van der Waals surface area (Å²) in [5.74, 6) is -2.99. The molecule has 5 nitrogen and oxygen atoms in total. The van der Waals surface area contributed by atoms with Gasteiger partial charge < -0.3 is 9.84 Å². The summed E-state index contributed by atoms with van der Waals surface area (Å²) in [5.41, 5.74) is 0.